The molecule has 1 heterocycles. The third-order valence-corrected chi connectivity index (χ3v) is 3.03. The lowest BCUT2D eigenvalue weighted by Gasteiger charge is -2.10. The summed E-state index contributed by atoms with van der Waals surface area (Å²) in [7, 11) is 4.03. The number of benzene rings is 1. The fourth-order valence-electron chi connectivity index (χ4n) is 1.98. The normalized spacial score (nSPS) is 11.6. The van der Waals surface area contributed by atoms with Gasteiger partial charge in [-0.05, 0) is 39.2 Å². The number of halogens is 1. The van der Waals surface area contributed by atoms with E-state index in [-0.39, 0.29) is 5.82 Å². The van der Waals surface area contributed by atoms with Gasteiger partial charge in [0.15, 0.2) is 0 Å². The third-order valence-electron chi connectivity index (χ3n) is 3.03. The minimum Gasteiger partial charge on any atom is -0.378 e. The number of likely N-dealkylation sites (N-methyl/N-ethyl adjacent to an activating group) is 1. The maximum Gasteiger partial charge on any atom is 0.124 e. The van der Waals surface area contributed by atoms with Crippen molar-refractivity contribution in [1.29, 1.82) is 0 Å². The van der Waals surface area contributed by atoms with Crippen LogP contribution in [0.25, 0.3) is 10.9 Å². The number of hydrogen-bond acceptors (Lipinski definition) is 3. The van der Waals surface area contributed by atoms with Gasteiger partial charge in [0.25, 0.3) is 0 Å². The van der Waals surface area contributed by atoms with Crippen molar-refractivity contribution in [2.24, 2.45) is 0 Å². The van der Waals surface area contributed by atoms with Gasteiger partial charge in [-0.25, -0.2) is 4.39 Å². The van der Waals surface area contributed by atoms with E-state index in [1.807, 2.05) is 25.7 Å². The van der Waals surface area contributed by atoms with E-state index in [2.05, 4.69) is 10.00 Å². The predicted molar refractivity (Wildman–Crippen MR) is 73.8 cm³/mol. The summed E-state index contributed by atoms with van der Waals surface area (Å²) in [6, 6.07) is 4.76. The maximum atomic E-state index is 13.2. The van der Waals surface area contributed by atoms with Gasteiger partial charge < -0.3 is 9.64 Å². The summed E-state index contributed by atoms with van der Waals surface area (Å²) in [5, 5.41) is 5.29. The zero-order valence-electron chi connectivity index (χ0n) is 11.7. The fraction of sp³-hybridized carbons (Fsp3) is 0.500. The van der Waals surface area contributed by atoms with Gasteiger partial charge in [-0.2, -0.15) is 5.10 Å². The van der Waals surface area contributed by atoms with Crippen LogP contribution in [0.3, 0.4) is 0 Å². The van der Waals surface area contributed by atoms with Crippen molar-refractivity contribution in [3.8, 4) is 0 Å². The van der Waals surface area contributed by atoms with E-state index < -0.39 is 0 Å². The summed E-state index contributed by atoms with van der Waals surface area (Å²) < 4.78 is 20.6. The highest BCUT2D eigenvalue weighted by molar-refractivity contribution is 5.81. The highest BCUT2D eigenvalue weighted by atomic mass is 19.1. The molecule has 4 nitrogen and oxygen atoms in total. The van der Waals surface area contributed by atoms with E-state index in [1.54, 1.807) is 6.07 Å². The number of nitrogens with zero attached hydrogens (tertiary/aromatic N) is 3. The van der Waals surface area contributed by atoms with Crippen molar-refractivity contribution < 1.29 is 9.13 Å². The molecule has 0 spiro atoms. The molecule has 5 heteroatoms. The third kappa shape index (κ3) is 3.52. The smallest absolute Gasteiger partial charge is 0.124 e. The Bertz CT molecular complexity index is 551. The first-order chi connectivity index (χ1) is 9.08. The minimum absolute atomic E-state index is 0.225. The average molecular weight is 265 g/mol. The Kier molecular flexibility index (Phi) is 4.50. The van der Waals surface area contributed by atoms with Crippen LogP contribution in [0.5, 0.6) is 0 Å². The number of fused-ring (bicyclic) bond motifs is 1. The molecule has 0 unspecified atom stereocenters. The van der Waals surface area contributed by atoms with Crippen LogP contribution in [0.15, 0.2) is 18.2 Å². The minimum atomic E-state index is -0.225. The van der Waals surface area contributed by atoms with Crippen LogP contribution in [0.2, 0.25) is 0 Å². The van der Waals surface area contributed by atoms with Crippen molar-refractivity contribution in [1.82, 2.24) is 14.7 Å². The Morgan fingerprint density at radius 1 is 1.32 bits per heavy atom. The van der Waals surface area contributed by atoms with Gasteiger partial charge in [0, 0.05) is 11.9 Å². The number of aromatic nitrogens is 2. The summed E-state index contributed by atoms with van der Waals surface area (Å²) in [5.74, 6) is -0.225. The quantitative estimate of drug-likeness (QED) is 0.749. The van der Waals surface area contributed by atoms with Crippen molar-refractivity contribution in [2.45, 2.75) is 13.5 Å². The Labute approximate surface area is 112 Å². The monoisotopic (exact) mass is 265 g/mol. The molecule has 0 N–H and O–H groups in total. The Morgan fingerprint density at radius 2 is 2.11 bits per heavy atom. The molecule has 0 radical (unpaired) electrons. The molecule has 0 bridgehead atoms. The van der Waals surface area contributed by atoms with E-state index in [1.165, 1.54) is 12.1 Å². The average Bonchev–Trinajstić information content (AvgIpc) is 2.65. The van der Waals surface area contributed by atoms with Crippen molar-refractivity contribution in [2.75, 3.05) is 33.9 Å². The molecule has 104 valence electrons. The molecule has 0 aliphatic heterocycles. The van der Waals surface area contributed by atoms with Gasteiger partial charge in [-0.15, -0.1) is 0 Å². The van der Waals surface area contributed by atoms with Crippen LogP contribution in [0.1, 0.15) is 5.69 Å². The maximum absolute atomic E-state index is 13.2. The van der Waals surface area contributed by atoms with Gasteiger partial charge in [0.05, 0.1) is 31.0 Å². The Balaban J connectivity index is 1.97. The lowest BCUT2D eigenvalue weighted by atomic mass is 10.2. The van der Waals surface area contributed by atoms with Crippen molar-refractivity contribution >= 4 is 10.9 Å². The molecule has 0 aliphatic carbocycles. The van der Waals surface area contributed by atoms with E-state index in [0.29, 0.717) is 19.8 Å². The second-order valence-corrected chi connectivity index (χ2v) is 4.89. The Hall–Kier alpha value is -1.46. The lowest BCUT2D eigenvalue weighted by Crippen LogP contribution is -2.19. The highest BCUT2D eigenvalue weighted by Gasteiger charge is 2.07. The molecule has 0 saturated carbocycles. The number of aryl methyl sites for hydroxylation is 1. The molecule has 19 heavy (non-hydrogen) atoms. The first-order valence-corrected chi connectivity index (χ1v) is 6.43. The predicted octanol–water partition coefficient (Wildman–Crippen LogP) is 2.06. The highest BCUT2D eigenvalue weighted by Crippen LogP contribution is 2.19. The van der Waals surface area contributed by atoms with Gasteiger partial charge >= 0.3 is 0 Å². The zero-order chi connectivity index (χ0) is 13.8. The SMILES string of the molecule is Cc1nn(CCOCCN(C)C)c2ccc(F)cc12. The van der Waals surface area contributed by atoms with Crippen LogP contribution in [0.4, 0.5) is 4.39 Å². The van der Waals surface area contributed by atoms with Crippen molar-refractivity contribution in [3.05, 3.63) is 29.7 Å². The van der Waals surface area contributed by atoms with Crippen LogP contribution < -0.4 is 0 Å². The van der Waals surface area contributed by atoms with Crippen LogP contribution in [-0.4, -0.2) is 48.5 Å². The van der Waals surface area contributed by atoms with Crippen molar-refractivity contribution in [3.63, 3.8) is 0 Å². The van der Waals surface area contributed by atoms with Gasteiger partial charge in [0.2, 0.25) is 0 Å². The molecule has 0 atom stereocenters. The summed E-state index contributed by atoms with van der Waals surface area (Å²) in [6.45, 7) is 4.81. The molecule has 2 rings (SSSR count). The second kappa shape index (κ2) is 6.12. The molecule has 2 aromatic rings. The molecular formula is C14H20FN3O. The first kappa shape index (κ1) is 14.0. The zero-order valence-corrected chi connectivity index (χ0v) is 11.7. The van der Waals surface area contributed by atoms with Crippen LogP contribution >= 0.6 is 0 Å². The summed E-state index contributed by atoms with van der Waals surface area (Å²) in [6.07, 6.45) is 0. The summed E-state index contributed by atoms with van der Waals surface area (Å²) >= 11 is 0. The van der Waals surface area contributed by atoms with Crippen LogP contribution in [0, 0.1) is 12.7 Å². The molecule has 0 fully saturated rings. The second-order valence-electron chi connectivity index (χ2n) is 4.89. The number of ether oxygens (including phenoxy) is 1. The summed E-state index contributed by atoms with van der Waals surface area (Å²) in [5.41, 5.74) is 1.80. The molecule has 1 aromatic carbocycles. The summed E-state index contributed by atoms with van der Waals surface area (Å²) in [4.78, 5) is 2.08. The molecule has 1 aromatic heterocycles. The first-order valence-electron chi connectivity index (χ1n) is 6.43. The Morgan fingerprint density at radius 3 is 2.84 bits per heavy atom. The van der Waals surface area contributed by atoms with Gasteiger partial charge in [0.1, 0.15) is 5.82 Å². The topological polar surface area (TPSA) is 30.3 Å². The molecule has 0 amide bonds. The van der Waals surface area contributed by atoms with Gasteiger partial charge in [-0.1, -0.05) is 0 Å². The van der Waals surface area contributed by atoms with E-state index in [4.69, 9.17) is 4.74 Å². The van der Waals surface area contributed by atoms with E-state index in [9.17, 15) is 4.39 Å². The fourth-order valence-corrected chi connectivity index (χ4v) is 1.98. The van der Waals surface area contributed by atoms with Gasteiger partial charge in [-0.3, -0.25) is 4.68 Å². The molecular weight excluding hydrogens is 245 g/mol. The number of rotatable bonds is 6. The standard InChI is InChI=1S/C14H20FN3O/c1-11-13-10-12(15)4-5-14(13)18(16-11)7-9-19-8-6-17(2)3/h4-5,10H,6-9H2,1-3H3. The number of hydrogen-bond donors (Lipinski definition) is 0. The molecule has 0 saturated heterocycles. The largest absolute Gasteiger partial charge is 0.378 e. The van der Waals surface area contributed by atoms with E-state index >= 15 is 0 Å². The van der Waals surface area contributed by atoms with E-state index in [0.717, 1.165) is 23.1 Å². The lowest BCUT2D eigenvalue weighted by molar-refractivity contribution is 0.109. The van der Waals surface area contributed by atoms with Crippen LogP contribution in [-0.2, 0) is 11.3 Å². The molecule has 0 aliphatic rings.